The molecule has 1 heterocycles. The molecule has 9 nitrogen and oxygen atoms in total. The lowest BCUT2D eigenvalue weighted by Crippen LogP contribution is -2.45. The molecule has 0 radical (unpaired) electrons. The topological polar surface area (TPSA) is 155 Å². The number of ether oxygens (including phenoxy) is 2. The normalized spacial score (nSPS) is 17.9. The second-order valence-electron chi connectivity index (χ2n) is 12.7. The van der Waals surface area contributed by atoms with Crippen molar-refractivity contribution < 1.29 is 34.7 Å². The average Bonchev–Trinajstić information content (AvgIpc) is 3.53. The SMILES string of the molecule is COc1cc(CC[C@@H](O)[C@H](C(=O)CCc2cc(O)c(O)c(OC3CCCCC3)c2)C2(c3ccnc(N)c3)CCCC2)ccc1O. The molecular formula is C36H46N2O7. The van der Waals surface area contributed by atoms with Gasteiger partial charge in [-0.3, -0.25) is 4.79 Å². The number of pyridine rings is 1. The molecule has 0 saturated heterocycles. The van der Waals surface area contributed by atoms with Crippen molar-refractivity contribution in [1.82, 2.24) is 4.98 Å². The van der Waals surface area contributed by atoms with Crippen LogP contribution in [0.1, 0.15) is 87.3 Å². The van der Waals surface area contributed by atoms with E-state index in [1.807, 2.05) is 12.1 Å². The number of nitrogens with two attached hydrogens (primary N) is 1. The summed E-state index contributed by atoms with van der Waals surface area (Å²) in [6, 6.07) is 12.0. The number of phenols is 3. The third kappa shape index (κ3) is 7.47. The number of hydrogen-bond donors (Lipinski definition) is 5. The number of ketones is 1. The molecule has 2 aliphatic carbocycles. The van der Waals surface area contributed by atoms with E-state index in [9.17, 15) is 25.2 Å². The number of anilines is 1. The zero-order valence-electron chi connectivity index (χ0n) is 26.1. The number of aromatic nitrogens is 1. The molecule has 0 amide bonds. The standard InChI is InChI=1S/C36H46N2O7/c1-44-31-20-23(9-12-27(31)39)10-13-28(40)34(36(16-5-6-17-36)25-15-18-38-33(37)22-25)29(41)14-11-24-19-30(42)35(43)32(21-24)45-26-7-3-2-4-8-26/h9,12,15,18-22,26,28,34,39-40,42-43H,2-8,10-11,13-14,16-17H2,1H3,(H2,37,38)/t28-,34-/m1/s1. The van der Waals surface area contributed by atoms with E-state index >= 15 is 0 Å². The number of benzene rings is 2. The summed E-state index contributed by atoms with van der Waals surface area (Å²) in [4.78, 5) is 18.5. The largest absolute Gasteiger partial charge is 0.504 e. The van der Waals surface area contributed by atoms with Gasteiger partial charge < -0.3 is 35.6 Å². The van der Waals surface area contributed by atoms with Gasteiger partial charge in [0, 0.05) is 18.0 Å². The smallest absolute Gasteiger partial charge is 0.200 e. The van der Waals surface area contributed by atoms with Crippen LogP contribution in [0.15, 0.2) is 48.7 Å². The first-order chi connectivity index (χ1) is 21.7. The highest BCUT2D eigenvalue weighted by molar-refractivity contribution is 5.84. The molecule has 6 N–H and O–H groups in total. The molecule has 0 bridgehead atoms. The van der Waals surface area contributed by atoms with Gasteiger partial charge in [0.05, 0.1) is 25.2 Å². The van der Waals surface area contributed by atoms with E-state index in [0.29, 0.717) is 36.4 Å². The van der Waals surface area contributed by atoms with Gasteiger partial charge in [0.25, 0.3) is 0 Å². The molecule has 5 rings (SSSR count). The van der Waals surface area contributed by atoms with E-state index in [-0.39, 0.29) is 41.3 Å². The number of nitrogen functional groups attached to an aromatic ring is 1. The lowest BCUT2D eigenvalue weighted by molar-refractivity contribution is -0.130. The Morgan fingerprint density at radius 2 is 1.67 bits per heavy atom. The van der Waals surface area contributed by atoms with Crippen LogP contribution in [0.25, 0.3) is 0 Å². The molecule has 45 heavy (non-hydrogen) atoms. The van der Waals surface area contributed by atoms with Gasteiger partial charge in [-0.05, 0) is 111 Å². The van der Waals surface area contributed by atoms with Gasteiger partial charge in [0.2, 0.25) is 5.75 Å². The van der Waals surface area contributed by atoms with Gasteiger partial charge in [-0.1, -0.05) is 25.3 Å². The maximum absolute atomic E-state index is 14.3. The second kappa shape index (κ2) is 14.4. The average molecular weight is 619 g/mol. The second-order valence-corrected chi connectivity index (χ2v) is 12.7. The van der Waals surface area contributed by atoms with Crippen molar-refractivity contribution in [1.29, 1.82) is 0 Å². The molecule has 0 spiro atoms. The fourth-order valence-electron chi connectivity index (χ4n) is 7.46. The third-order valence-corrected chi connectivity index (χ3v) is 9.77. The van der Waals surface area contributed by atoms with Crippen molar-refractivity contribution in [2.45, 2.75) is 101 Å². The number of rotatable bonds is 13. The lowest BCUT2D eigenvalue weighted by Gasteiger charge is -2.40. The van der Waals surface area contributed by atoms with E-state index in [0.717, 1.165) is 62.5 Å². The zero-order chi connectivity index (χ0) is 32.0. The fourth-order valence-corrected chi connectivity index (χ4v) is 7.46. The van der Waals surface area contributed by atoms with E-state index in [1.54, 1.807) is 30.5 Å². The van der Waals surface area contributed by atoms with Gasteiger partial charge >= 0.3 is 0 Å². The Morgan fingerprint density at radius 1 is 0.933 bits per heavy atom. The van der Waals surface area contributed by atoms with Crippen LogP contribution in [0.3, 0.4) is 0 Å². The number of nitrogens with zero attached hydrogens (tertiary/aromatic N) is 1. The number of carbonyl (C=O) groups is 1. The predicted octanol–water partition coefficient (Wildman–Crippen LogP) is 6.12. The molecule has 3 aromatic rings. The van der Waals surface area contributed by atoms with Crippen LogP contribution in [-0.4, -0.2) is 50.5 Å². The molecule has 0 aliphatic heterocycles. The Bertz CT molecular complexity index is 1460. The first kappa shape index (κ1) is 32.4. The summed E-state index contributed by atoms with van der Waals surface area (Å²) in [6.45, 7) is 0. The van der Waals surface area contributed by atoms with E-state index < -0.39 is 17.4 Å². The first-order valence-corrected chi connectivity index (χ1v) is 16.2. The number of carbonyl (C=O) groups excluding carboxylic acids is 1. The lowest BCUT2D eigenvalue weighted by atomic mass is 9.64. The number of Topliss-reactive ketones (excluding diaryl/α,β-unsaturated/α-hetero) is 1. The summed E-state index contributed by atoms with van der Waals surface area (Å²) in [7, 11) is 1.49. The minimum absolute atomic E-state index is 0.0102. The minimum atomic E-state index is -0.941. The van der Waals surface area contributed by atoms with E-state index in [4.69, 9.17) is 15.2 Å². The van der Waals surface area contributed by atoms with Crippen molar-refractivity contribution in [3.63, 3.8) is 0 Å². The van der Waals surface area contributed by atoms with Crippen LogP contribution in [0.5, 0.6) is 28.7 Å². The van der Waals surface area contributed by atoms with Gasteiger partial charge in [-0.2, -0.15) is 0 Å². The van der Waals surface area contributed by atoms with Crippen LogP contribution in [0.4, 0.5) is 5.82 Å². The Hall–Kier alpha value is -3.98. The van der Waals surface area contributed by atoms with Crippen LogP contribution in [0.2, 0.25) is 0 Å². The predicted molar refractivity (Wildman–Crippen MR) is 172 cm³/mol. The maximum Gasteiger partial charge on any atom is 0.200 e. The maximum atomic E-state index is 14.3. The fraction of sp³-hybridized carbons (Fsp3) is 0.500. The summed E-state index contributed by atoms with van der Waals surface area (Å²) in [5, 5.41) is 42.9. The summed E-state index contributed by atoms with van der Waals surface area (Å²) < 4.78 is 11.3. The molecule has 242 valence electrons. The van der Waals surface area contributed by atoms with Crippen molar-refractivity contribution in [3.05, 3.63) is 65.4 Å². The van der Waals surface area contributed by atoms with Gasteiger partial charge in [0.1, 0.15) is 11.6 Å². The van der Waals surface area contributed by atoms with Crippen LogP contribution in [0, 0.1) is 5.92 Å². The molecule has 2 aliphatic rings. The molecule has 2 atom stereocenters. The number of aliphatic hydroxyl groups excluding tert-OH is 1. The van der Waals surface area contributed by atoms with Crippen LogP contribution >= 0.6 is 0 Å². The molecule has 2 aromatic carbocycles. The first-order valence-electron chi connectivity index (χ1n) is 16.2. The Kier molecular flexibility index (Phi) is 10.4. The van der Waals surface area contributed by atoms with Crippen molar-refractivity contribution in [2.24, 2.45) is 5.92 Å². The van der Waals surface area contributed by atoms with Crippen LogP contribution < -0.4 is 15.2 Å². The Labute approximate surface area is 265 Å². The van der Waals surface area contributed by atoms with Crippen LogP contribution in [-0.2, 0) is 23.1 Å². The number of hydrogen-bond acceptors (Lipinski definition) is 9. The monoisotopic (exact) mass is 618 g/mol. The van der Waals surface area contributed by atoms with Gasteiger partial charge in [-0.25, -0.2) is 4.98 Å². The molecule has 1 aromatic heterocycles. The molecule has 2 saturated carbocycles. The summed E-state index contributed by atoms with van der Waals surface area (Å²) in [6.07, 6.45) is 10.5. The van der Waals surface area contributed by atoms with E-state index in [1.165, 1.54) is 19.6 Å². The van der Waals surface area contributed by atoms with Gasteiger partial charge in [0.15, 0.2) is 23.0 Å². The highest BCUT2D eigenvalue weighted by Crippen LogP contribution is 2.50. The Balaban J connectivity index is 1.39. The molecular weight excluding hydrogens is 572 g/mol. The zero-order valence-corrected chi connectivity index (χ0v) is 26.1. The number of aromatic hydroxyl groups is 3. The number of aliphatic hydroxyl groups is 1. The van der Waals surface area contributed by atoms with Crippen molar-refractivity contribution in [3.8, 4) is 28.7 Å². The highest BCUT2D eigenvalue weighted by atomic mass is 16.5. The minimum Gasteiger partial charge on any atom is -0.504 e. The quantitative estimate of drug-likeness (QED) is 0.142. The number of phenolic OH excluding ortho intramolecular Hbond substituents is 3. The Morgan fingerprint density at radius 3 is 2.38 bits per heavy atom. The number of aryl methyl sites for hydroxylation is 2. The number of methoxy groups -OCH3 is 1. The van der Waals surface area contributed by atoms with Crippen molar-refractivity contribution >= 4 is 11.6 Å². The summed E-state index contributed by atoms with van der Waals surface area (Å²) in [5.41, 5.74) is 8.00. The molecule has 0 unspecified atom stereocenters. The summed E-state index contributed by atoms with van der Waals surface area (Å²) >= 11 is 0. The van der Waals surface area contributed by atoms with Crippen molar-refractivity contribution in [2.75, 3.05) is 12.8 Å². The van der Waals surface area contributed by atoms with E-state index in [2.05, 4.69) is 4.98 Å². The summed E-state index contributed by atoms with van der Waals surface area (Å²) in [5.74, 6) is -0.290. The van der Waals surface area contributed by atoms with Gasteiger partial charge in [-0.15, -0.1) is 0 Å². The molecule has 9 heteroatoms. The highest BCUT2D eigenvalue weighted by Gasteiger charge is 2.49. The third-order valence-electron chi connectivity index (χ3n) is 9.77. The molecule has 2 fully saturated rings.